The minimum absolute atomic E-state index is 0.249. The van der Waals surface area contributed by atoms with Crippen molar-refractivity contribution in [1.29, 1.82) is 0 Å². The van der Waals surface area contributed by atoms with Crippen LogP contribution in [0.2, 0.25) is 0 Å². The second-order valence-electron chi connectivity index (χ2n) is 6.13. The molecule has 2 aromatic heterocycles. The van der Waals surface area contributed by atoms with Crippen molar-refractivity contribution in [1.82, 2.24) is 24.8 Å². The summed E-state index contributed by atoms with van der Waals surface area (Å²) in [6.45, 7) is 6.65. The molecule has 3 aromatic rings. The topological polar surface area (TPSA) is 84.7 Å². The average molecular weight is 368 g/mol. The van der Waals surface area contributed by atoms with Crippen LogP contribution in [0, 0.1) is 26.6 Å². The number of amides is 1. The third-order valence-electron chi connectivity index (χ3n) is 4.15. The second-order valence-corrected chi connectivity index (χ2v) is 6.13. The van der Waals surface area contributed by atoms with Gasteiger partial charge in [-0.3, -0.25) is 9.36 Å². The maximum atomic E-state index is 12.9. The Bertz CT molecular complexity index is 951. The molecule has 0 aliphatic heterocycles. The maximum Gasteiger partial charge on any atom is 0.251 e. The van der Waals surface area contributed by atoms with Crippen LogP contribution in [0.1, 0.15) is 27.6 Å². The highest BCUT2D eigenvalue weighted by Crippen LogP contribution is 2.15. The normalized spacial score (nSPS) is 10.7. The molecule has 0 aliphatic carbocycles. The quantitative estimate of drug-likeness (QED) is 0.653. The number of aromatic nitrogens is 4. The molecule has 2 N–H and O–H groups in total. The van der Waals surface area contributed by atoms with Gasteiger partial charge in [-0.2, -0.15) is 0 Å². The minimum Gasteiger partial charge on any atom is -0.368 e. The zero-order valence-electron chi connectivity index (χ0n) is 15.5. The Morgan fingerprint density at radius 2 is 1.85 bits per heavy atom. The predicted molar refractivity (Wildman–Crippen MR) is 101 cm³/mol. The molecule has 0 unspecified atom stereocenters. The summed E-state index contributed by atoms with van der Waals surface area (Å²) in [7, 11) is 0. The van der Waals surface area contributed by atoms with Crippen LogP contribution in [0.25, 0.3) is 5.82 Å². The highest BCUT2D eigenvalue weighted by molar-refractivity contribution is 5.94. The van der Waals surface area contributed by atoms with Gasteiger partial charge in [0.2, 0.25) is 0 Å². The highest BCUT2D eigenvalue weighted by Gasteiger charge is 2.09. The number of anilines is 1. The van der Waals surface area contributed by atoms with E-state index in [0.717, 1.165) is 17.2 Å². The van der Waals surface area contributed by atoms with E-state index in [1.54, 1.807) is 6.33 Å². The number of carbonyl (C=O) groups is 1. The number of nitrogens with one attached hydrogen (secondary N) is 2. The predicted octanol–water partition coefficient (Wildman–Crippen LogP) is 2.57. The first-order valence-corrected chi connectivity index (χ1v) is 8.58. The number of aryl methyl sites for hydroxylation is 2. The molecule has 3 rings (SSSR count). The Labute approximate surface area is 156 Å². The first kappa shape index (κ1) is 18.5. The molecule has 140 valence electrons. The fourth-order valence-electron chi connectivity index (χ4n) is 2.57. The number of imidazole rings is 1. The van der Waals surface area contributed by atoms with Crippen molar-refractivity contribution in [2.45, 2.75) is 20.8 Å². The van der Waals surface area contributed by atoms with Gasteiger partial charge in [-0.05, 0) is 45.0 Å². The lowest BCUT2D eigenvalue weighted by Gasteiger charge is -2.11. The Morgan fingerprint density at radius 1 is 1.11 bits per heavy atom. The van der Waals surface area contributed by atoms with Crippen LogP contribution < -0.4 is 10.6 Å². The zero-order chi connectivity index (χ0) is 19.4. The van der Waals surface area contributed by atoms with Crippen molar-refractivity contribution in [3.8, 4) is 5.82 Å². The van der Waals surface area contributed by atoms with Gasteiger partial charge in [-0.1, -0.05) is 0 Å². The summed E-state index contributed by atoms with van der Waals surface area (Å²) < 4.78 is 14.8. The molecule has 0 radical (unpaired) electrons. The lowest BCUT2D eigenvalue weighted by Crippen LogP contribution is -2.29. The van der Waals surface area contributed by atoms with E-state index in [0.29, 0.717) is 30.3 Å². The average Bonchev–Trinajstić information content (AvgIpc) is 2.98. The molecule has 0 fully saturated rings. The molecular formula is C19H21FN6O. The van der Waals surface area contributed by atoms with E-state index < -0.39 is 0 Å². The number of hydrogen-bond acceptors (Lipinski definition) is 5. The van der Waals surface area contributed by atoms with E-state index >= 15 is 0 Å². The Hall–Kier alpha value is -3.29. The van der Waals surface area contributed by atoms with Gasteiger partial charge in [-0.15, -0.1) is 0 Å². The van der Waals surface area contributed by atoms with Crippen molar-refractivity contribution in [3.05, 3.63) is 65.3 Å². The van der Waals surface area contributed by atoms with Gasteiger partial charge in [0.25, 0.3) is 5.91 Å². The molecule has 7 nitrogen and oxygen atoms in total. The summed E-state index contributed by atoms with van der Waals surface area (Å²) in [6, 6.07) is 7.26. The molecule has 8 heteroatoms. The molecule has 1 aromatic carbocycles. The van der Waals surface area contributed by atoms with Crippen LogP contribution in [0.4, 0.5) is 10.2 Å². The van der Waals surface area contributed by atoms with Gasteiger partial charge in [0.05, 0.1) is 5.69 Å². The molecule has 0 atom stereocenters. The van der Waals surface area contributed by atoms with Gasteiger partial charge < -0.3 is 10.6 Å². The van der Waals surface area contributed by atoms with E-state index in [1.165, 1.54) is 24.3 Å². The third kappa shape index (κ3) is 4.46. The van der Waals surface area contributed by atoms with Gasteiger partial charge in [0, 0.05) is 30.4 Å². The highest BCUT2D eigenvalue weighted by atomic mass is 19.1. The third-order valence-corrected chi connectivity index (χ3v) is 4.15. The molecular weight excluding hydrogens is 347 g/mol. The maximum absolute atomic E-state index is 12.9. The van der Waals surface area contributed by atoms with E-state index in [4.69, 9.17) is 0 Å². The lowest BCUT2D eigenvalue weighted by atomic mass is 10.2. The summed E-state index contributed by atoms with van der Waals surface area (Å²) >= 11 is 0. The molecule has 0 saturated carbocycles. The molecule has 27 heavy (non-hydrogen) atoms. The van der Waals surface area contributed by atoms with Gasteiger partial charge in [-0.25, -0.2) is 19.3 Å². The summed E-state index contributed by atoms with van der Waals surface area (Å²) in [5, 5.41) is 5.96. The number of benzene rings is 1. The molecule has 0 spiro atoms. The van der Waals surface area contributed by atoms with Crippen molar-refractivity contribution >= 4 is 11.7 Å². The summed E-state index contributed by atoms with van der Waals surface area (Å²) in [5.41, 5.74) is 2.39. The fraction of sp³-hybridized carbons (Fsp3) is 0.263. The fourth-order valence-corrected chi connectivity index (χ4v) is 2.57. The largest absolute Gasteiger partial charge is 0.368 e. The standard InChI is InChI=1S/C19H21FN6O/c1-12-13(2)26(11-23-12)18-10-17(24-14(3)25-18)21-8-9-22-19(27)15-4-6-16(20)7-5-15/h4-7,10-11H,8-9H2,1-3H3,(H,22,27)(H,21,24,25). The Balaban J connectivity index is 1.59. The van der Waals surface area contributed by atoms with Crippen molar-refractivity contribution in [3.63, 3.8) is 0 Å². The number of rotatable bonds is 6. The van der Waals surface area contributed by atoms with Crippen LogP contribution in [-0.2, 0) is 0 Å². The lowest BCUT2D eigenvalue weighted by molar-refractivity contribution is 0.0955. The first-order chi connectivity index (χ1) is 12.9. The van der Waals surface area contributed by atoms with Crippen LogP contribution in [0.5, 0.6) is 0 Å². The van der Waals surface area contributed by atoms with Crippen molar-refractivity contribution in [2.75, 3.05) is 18.4 Å². The SMILES string of the molecule is Cc1nc(NCCNC(=O)c2ccc(F)cc2)cc(-n2cnc(C)c2C)n1. The number of carbonyl (C=O) groups excluding carboxylic acids is 1. The zero-order valence-corrected chi connectivity index (χ0v) is 15.5. The Kier molecular flexibility index (Phi) is 5.44. The number of nitrogens with zero attached hydrogens (tertiary/aromatic N) is 4. The van der Waals surface area contributed by atoms with Crippen LogP contribution in [0.3, 0.4) is 0 Å². The summed E-state index contributed by atoms with van der Waals surface area (Å²) in [6.07, 6.45) is 1.74. The van der Waals surface area contributed by atoms with Crippen LogP contribution >= 0.6 is 0 Å². The molecule has 0 saturated heterocycles. The Morgan fingerprint density at radius 3 is 2.52 bits per heavy atom. The second kappa shape index (κ2) is 7.94. The molecule has 0 bridgehead atoms. The van der Waals surface area contributed by atoms with Gasteiger partial charge >= 0.3 is 0 Å². The van der Waals surface area contributed by atoms with Gasteiger partial charge in [0.15, 0.2) is 0 Å². The molecule has 1 amide bonds. The van der Waals surface area contributed by atoms with E-state index in [2.05, 4.69) is 25.6 Å². The van der Waals surface area contributed by atoms with Crippen LogP contribution in [-0.4, -0.2) is 38.5 Å². The summed E-state index contributed by atoms with van der Waals surface area (Å²) in [4.78, 5) is 25.1. The number of hydrogen-bond donors (Lipinski definition) is 2. The van der Waals surface area contributed by atoms with Gasteiger partial charge in [0.1, 0.15) is 29.6 Å². The summed E-state index contributed by atoms with van der Waals surface area (Å²) in [5.74, 6) is 1.42. The van der Waals surface area contributed by atoms with Crippen molar-refractivity contribution < 1.29 is 9.18 Å². The minimum atomic E-state index is -0.369. The first-order valence-electron chi connectivity index (χ1n) is 8.58. The smallest absolute Gasteiger partial charge is 0.251 e. The van der Waals surface area contributed by atoms with Crippen molar-refractivity contribution in [2.24, 2.45) is 0 Å². The van der Waals surface area contributed by atoms with E-state index in [-0.39, 0.29) is 11.7 Å². The van der Waals surface area contributed by atoms with Crippen LogP contribution in [0.15, 0.2) is 36.7 Å². The number of halogens is 1. The molecule has 0 aliphatic rings. The van der Waals surface area contributed by atoms with E-state index in [1.807, 2.05) is 31.4 Å². The van der Waals surface area contributed by atoms with E-state index in [9.17, 15) is 9.18 Å². The molecule has 2 heterocycles. The monoisotopic (exact) mass is 368 g/mol.